The van der Waals surface area contributed by atoms with Gasteiger partial charge in [0.1, 0.15) is 5.69 Å². The first-order valence-electron chi connectivity index (χ1n) is 6.57. The van der Waals surface area contributed by atoms with Crippen molar-refractivity contribution in [2.45, 2.75) is 4.90 Å². The standard InChI is InChI=1S/C14H13N3O4S2/c1-16-7-3-4-11(16)13(18)15-23(20,21)9-5-6-10-12(8-9)22-14(19)17(10)2/h3-8H,1-2H3,(H,15,18). The van der Waals surface area contributed by atoms with Gasteiger partial charge in [-0.15, -0.1) is 0 Å². The van der Waals surface area contributed by atoms with Crippen LogP contribution in [0.2, 0.25) is 0 Å². The van der Waals surface area contributed by atoms with Gasteiger partial charge >= 0.3 is 4.87 Å². The summed E-state index contributed by atoms with van der Waals surface area (Å²) in [7, 11) is -0.749. The molecule has 0 atom stereocenters. The number of thiazole rings is 1. The quantitative estimate of drug-likeness (QED) is 0.764. The van der Waals surface area contributed by atoms with Crippen LogP contribution in [0.15, 0.2) is 46.2 Å². The van der Waals surface area contributed by atoms with Crippen LogP contribution in [0.4, 0.5) is 0 Å². The Morgan fingerprint density at radius 2 is 1.96 bits per heavy atom. The van der Waals surface area contributed by atoms with Crippen LogP contribution in [0.25, 0.3) is 10.2 Å². The molecule has 0 aliphatic heterocycles. The maximum atomic E-state index is 12.4. The molecule has 2 heterocycles. The average molecular weight is 351 g/mol. The van der Waals surface area contributed by atoms with Crippen LogP contribution < -0.4 is 9.60 Å². The van der Waals surface area contributed by atoms with Crippen molar-refractivity contribution in [2.75, 3.05) is 0 Å². The van der Waals surface area contributed by atoms with Gasteiger partial charge < -0.3 is 9.13 Å². The van der Waals surface area contributed by atoms with Gasteiger partial charge in [0.25, 0.3) is 15.9 Å². The second-order valence-electron chi connectivity index (χ2n) is 5.00. The number of aryl methyl sites for hydroxylation is 2. The summed E-state index contributed by atoms with van der Waals surface area (Å²) in [5, 5.41) is 0. The van der Waals surface area contributed by atoms with E-state index in [0.29, 0.717) is 10.2 Å². The minimum atomic E-state index is -4.01. The van der Waals surface area contributed by atoms with E-state index in [1.807, 2.05) is 4.72 Å². The molecule has 23 heavy (non-hydrogen) atoms. The molecule has 1 aromatic carbocycles. The smallest absolute Gasteiger partial charge is 0.307 e. The van der Waals surface area contributed by atoms with Crippen molar-refractivity contribution in [3.8, 4) is 0 Å². The number of sulfonamides is 1. The van der Waals surface area contributed by atoms with Gasteiger partial charge in [0.15, 0.2) is 0 Å². The number of amides is 1. The van der Waals surface area contributed by atoms with Gasteiger partial charge in [0, 0.05) is 20.3 Å². The lowest BCUT2D eigenvalue weighted by Crippen LogP contribution is -2.31. The molecule has 0 fully saturated rings. The predicted octanol–water partition coefficient (Wildman–Crippen LogP) is 1.06. The van der Waals surface area contributed by atoms with E-state index in [1.165, 1.54) is 27.3 Å². The highest BCUT2D eigenvalue weighted by Gasteiger charge is 2.21. The Bertz CT molecular complexity index is 1070. The molecule has 120 valence electrons. The van der Waals surface area contributed by atoms with Crippen LogP contribution >= 0.6 is 11.3 Å². The fourth-order valence-electron chi connectivity index (χ4n) is 2.21. The Labute approximate surface area is 135 Å². The molecule has 3 aromatic rings. The number of hydrogen-bond acceptors (Lipinski definition) is 5. The fraction of sp³-hybridized carbons (Fsp3) is 0.143. The summed E-state index contributed by atoms with van der Waals surface area (Å²) < 4.78 is 30.3. The van der Waals surface area contributed by atoms with E-state index in [4.69, 9.17) is 0 Å². The molecular weight excluding hydrogens is 338 g/mol. The van der Waals surface area contributed by atoms with Crippen LogP contribution in [0.1, 0.15) is 10.5 Å². The van der Waals surface area contributed by atoms with E-state index in [0.717, 1.165) is 11.3 Å². The third kappa shape index (κ3) is 2.68. The highest BCUT2D eigenvalue weighted by atomic mass is 32.2. The lowest BCUT2D eigenvalue weighted by atomic mass is 10.3. The summed E-state index contributed by atoms with van der Waals surface area (Å²) in [6.07, 6.45) is 1.65. The van der Waals surface area contributed by atoms with Crippen molar-refractivity contribution in [3.63, 3.8) is 0 Å². The van der Waals surface area contributed by atoms with Crippen LogP contribution in [-0.2, 0) is 24.1 Å². The number of nitrogens with one attached hydrogen (secondary N) is 1. The Hall–Kier alpha value is -2.39. The monoisotopic (exact) mass is 351 g/mol. The van der Waals surface area contributed by atoms with Crippen LogP contribution in [0.5, 0.6) is 0 Å². The molecular formula is C14H13N3O4S2. The highest BCUT2D eigenvalue weighted by Crippen LogP contribution is 2.21. The third-order valence-electron chi connectivity index (χ3n) is 3.48. The topological polar surface area (TPSA) is 90.2 Å². The van der Waals surface area contributed by atoms with Gasteiger partial charge in [-0.1, -0.05) is 11.3 Å². The summed E-state index contributed by atoms with van der Waals surface area (Å²) in [6.45, 7) is 0. The normalized spacial score (nSPS) is 11.7. The van der Waals surface area contributed by atoms with E-state index in [9.17, 15) is 18.0 Å². The molecule has 0 radical (unpaired) electrons. The van der Waals surface area contributed by atoms with Gasteiger partial charge in [-0.2, -0.15) is 0 Å². The molecule has 7 nitrogen and oxygen atoms in total. The number of rotatable bonds is 3. The van der Waals surface area contributed by atoms with E-state index in [1.54, 1.807) is 32.4 Å². The molecule has 0 spiro atoms. The first-order valence-corrected chi connectivity index (χ1v) is 8.87. The van der Waals surface area contributed by atoms with Crippen LogP contribution in [0.3, 0.4) is 0 Å². The van der Waals surface area contributed by atoms with Gasteiger partial charge in [0.05, 0.1) is 15.1 Å². The summed E-state index contributed by atoms with van der Waals surface area (Å²) in [5.74, 6) is -0.709. The highest BCUT2D eigenvalue weighted by molar-refractivity contribution is 7.90. The van der Waals surface area contributed by atoms with Gasteiger partial charge in [-0.25, -0.2) is 13.1 Å². The molecule has 0 aliphatic rings. The molecule has 0 unspecified atom stereocenters. The van der Waals surface area contributed by atoms with Gasteiger partial charge in [-0.3, -0.25) is 9.59 Å². The van der Waals surface area contributed by atoms with Crippen LogP contribution in [-0.4, -0.2) is 23.5 Å². The third-order valence-corrected chi connectivity index (χ3v) is 5.80. The van der Waals surface area contributed by atoms with E-state index < -0.39 is 15.9 Å². The molecule has 0 bridgehead atoms. The van der Waals surface area contributed by atoms with E-state index >= 15 is 0 Å². The van der Waals surface area contributed by atoms with Crippen molar-refractivity contribution in [2.24, 2.45) is 14.1 Å². The number of benzene rings is 1. The van der Waals surface area contributed by atoms with Crippen LogP contribution in [0, 0.1) is 0 Å². The predicted molar refractivity (Wildman–Crippen MR) is 87.1 cm³/mol. The Morgan fingerprint density at radius 1 is 1.22 bits per heavy atom. The molecule has 9 heteroatoms. The maximum absolute atomic E-state index is 12.4. The van der Waals surface area contributed by atoms with Crippen molar-refractivity contribution >= 4 is 37.5 Å². The first kappa shape index (κ1) is 15.5. The molecule has 0 aliphatic carbocycles. The maximum Gasteiger partial charge on any atom is 0.307 e. The number of aromatic nitrogens is 2. The van der Waals surface area contributed by atoms with Crippen molar-refractivity contribution in [1.82, 2.24) is 13.9 Å². The molecule has 2 aromatic heterocycles. The largest absolute Gasteiger partial charge is 0.347 e. The Kier molecular flexibility index (Phi) is 3.61. The second kappa shape index (κ2) is 5.36. The molecule has 1 N–H and O–H groups in total. The van der Waals surface area contributed by atoms with Crippen molar-refractivity contribution in [3.05, 3.63) is 51.9 Å². The summed E-state index contributed by atoms with van der Waals surface area (Å²) >= 11 is 0.954. The summed E-state index contributed by atoms with van der Waals surface area (Å²) in [6, 6.07) is 7.48. The Morgan fingerprint density at radius 3 is 2.61 bits per heavy atom. The first-order chi connectivity index (χ1) is 10.8. The van der Waals surface area contributed by atoms with E-state index in [-0.39, 0.29) is 15.5 Å². The molecule has 0 saturated carbocycles. The zero-order valence-corrected chi connectivity index (χ0v) is 13.9. The average Bonchev–Trinajstić information content (AvgIpc) is 3.03. The minimum absolute atomic E-state index is 0.0607. The fourth-order valence-corrected chi connectivity index (χ4v) is 4.19. The molecule has 3 rings (SSSR count). The summed E-state index contributed by atoms with van der Waals surface area (Å²) in [4.78, 5) is 23.5. The zero-order chi connectivity index (χ0) is 16.8. The zero-order valence-electron chi connectivity index (χ0n) is 12.3. The molecule has 1 amide bonds. The number of fused-ring (bicyclic) bond motifs is 1. The molecule has 0 saturated heterocycles. The van der Waals surface area contributed by atoms with Crippen molar-refractivity contribution < 1.29 is 13.2 Å². The van der Waals surface area contributed by atoms with Crippen molar-refractivity contribution in [1.29, 1.82) is 0 Å². The summed E-state index contributed by atoms with van der Waals surface area (Å²) in [5.41, 5.74) is 0.881. The number of carbonyl (C=O) groups is 1. The van der Waals surface area contributed by atoms with E-state index in [2.05, 4.69) is 0 Å². The second-order valence-corrected chi connectivity index (χ2v) is 7.67. The SMILES string of the molecule is Cn1cccc1C(=O)NS(=O)(=O)c1ccc2c(c1)sc(=O)n2C. The lowest BCUT2D eigenvalue weighted by Gasteiger charge is -2.08. The Balaban J connectivity index is 1.98. The number of hydrogen-bond donors (Lipinski definition) is 1. The van der Waals surface area contributed by atoms with Gasteiger partial charge in [0.2, 0.25) is 0 Å². The lowest BCUT2D eigenvalue weighted by molar-refractivity contribution is 0.0973. The van der Waals surface area contributed by atoms with Gasteiger partial charge in [-0.05, 0) is 30.3 Å². The number of nitrogens with zero attached hydrogens (tertiary/aromatic N) is 2. The minimum Gasteiger partial charge on any atom is -0.347 e. The number of carbonyl (C=O) groups excluding carboxylic acids is 1.